The summed E-state index contributed by atoms with van der Waals surface area (Å²) < 4.78 is 0. The third kappa shape index (κ3) is 3.61. The zero-order chi connectivity index (χ0) is 14.7. The molecule has 0 saturated carbocycles. The molecule has 0 spiro atoms. The predicted octanol–water partition coefficient (Wildman–Crippen LogP) is 2.36. The molecule has 2 heterocycles. The molecule has 1 amide bonds. The number of nitrogens with one attached hydrogen (secondary N) is 2. The van der Waals surface area contributed by atoms with E-state index in [1.807, 2.05) is 31.2 Å². The van der Waals surface area contributed by atoms with E-state index < -0.39 is 0 Å². The van der Waals surface area contributed by atoms with E-state index >= 15 is 0 Å². The third-order valence-electron chi connectivity index (χ3n) is 3.98. The Balaban J connectivity index is 0.00000176. The van der Waals surface area contributed by atoms with Crippen LogP contribution in [-0.4, -0.2) is 29.0 Å². The van der Waals surface area contributed by atoms with Gasteiger partial charge in [-0.3, -0.25) is 4.79 Å². The zero-order valence-corrected chi connectivity index (χ0v) is 13.1. The number of halogens is 1. The van der Waals surface area contributed by atoms with Crippen LogP contribution < -0.4 is 10.6 Å². The fourth-order valence-electron chi connectivity index (χ4n) is 2.33. The Kier molecular flexibility index (Phi) is 5.46. The van der Waals surface area contributed by atoms with Crippen molar-refractivity contribution < 1.29 is 4.79 Å². The SMILES string of the molecule is CC(C(=O)Nc1ccc(-c2cncnc2)cc1)C1CNC1.Cl. The molecule has 22 heavy (non-hydrogen) atoms. The molecule has 1 atom stereocenters. The summed E-state index contributed by atoms with van der Waals surface area (Å²) in [5.41, 5.74) is 2.81. The number of hydrogen-bond acceptors (Lipinski definition) is 4. The summed E-state index contributed by atoms with van der Waals surface area (Å²) in [6.45, 7) is 3.85. The van der Waals surface area contributed by atoms with Crippen molar-refractivity contribution in [2.24, 2.45) is 11.8 Å². The van der Waals surface area contributed by atoms with Crippen LogP contribution in [0.1, 0.15) is 6.92 Å². The van der Waals surface area contributed by atoms with Gasteiger partial charge in [0, 0.05) is 29.6 Å². The number of benzene rings is 1. The van der Waals surface area contributed by atoms with Crippen LogP contribution >= 0.6 is 12.4 Å². The summed E-state index contributed by atoms with van der Waals surface area (Å²) in [6, 6.07) is 7.74. The van der Waals surface area contributed by atoms with Gasteiger partial charge in [-0.1, -0.05) is 19.1 Å². The number of nitrogens with zero attached hydrogens (tertiary/aromatic N) is 2. The highest BCUT2D eigenvalue weighted by molar-refractivity contribution is 5.92. The van der Waals surface area contributed by atoms with Crippen molar-refractivity contribution >= 4 is 24.0 Å². The molecule has 5 nitrogen and oxygen atoms in total. The summed E-state index contributed by atoms with van der Waals surface area (Å²) in [5.74, 6) is 0.566. The first-order valence-corrected chi connectivity index (χ1v) is 7.11. The minimum atomic E-state index is 0. The highest BCUT2D eigenvalue weighted by atomic mass is 35.5. The van der Waals surface area contributed by atoms with Gasteiger partial charge in [0.05, 0.1) is 0 Å². The quantitative estimate of drug-likeness (QED) is 0.908. The molecule has 1 aromatic carbocycles. The second kappa shape index (κ2) is 7.33. The molecule has 1 saturated heterocycles. The lowest BCUT2D eigenvalue weighted by Gasteiger charge is -2.31. The van der Waals surface area contributed by atoms with E-state index in [1.165, 1.54) is 6.33 Å². The van der Waals surface area contributed by atoms with Gasteiger partial charge in [0.25, 0.3) is 0 Å². The second-order valence-corrected chi connectivity index (χ2v) is 5.40. The Hall–Kier alpha value is -1.98. The third-order valence-corrected chi connectivity index (χ3v) is 3.98. The van der Waals surface area contributed by atoms with E-state index in [4.69, 9.17) is 0 Å². The standard InChI is InChI=1S/C16H18N4O.ClH/c1-11(13-6-17-7-13)16(21)20-15-4-2-12(3-5-15)14-8-18-10-19-9-14;/h2-5,8-11,13,17H,6-7H2,1H3,(H,20,21);1H. The van der Waals surface area contributed by atoms with E-state index in [9.17, 15) is 4.79 Å². The fraction of sp³-hybridized carbons (Fsp3) is 0.312. The summed E-state index contributed by atoms with van der Waals surface area (Å²) >= 11 is 0. The Morgan fingerprint density at radius 1 is 1.18 bits per heavy atom. The molecule has 3 rings (SSSR count). The molecule has 116 valence electrons. The Labute approximate surface area is 136 Å². The minimum Gasteiger partial charge on any atom is -0.326 e. The average Bonchev–Trinajstić information content (AvgIpc) is 2.47. The number of carbonyl (C=O) groups is 1. The monoisotopic (exact) mass is 318 g/mol. The van der Waals surface area contributed by atoms with Gasteiger partial charge < -0.3 is 10.6 Å². The van der Waals surface area contributed by atoms with Gasteiger partial charge in [0.2, 0.25) is 5.91 Å². The van der Waals surface area contributed by atoms with Gasteiger partial charge >= 0.3 is 0 Å². The summed E-state index contributed by atoms with van der Waals surface area (Å²) in [6.07, 6.45) is 5.05. The van der Waals surface area contributed by atoms with Crippen LogP contribution in [0.25, 0.3) is 11.1 Å². The van der Waals surface area contributed by atoms with Crippen LogP contribution in [-0.2, 0) is 4.79 Å². The number of rotatable bonds is 4. The smallest absolute Gasteiger partial charge is 0.227 e. The zero-order valence-electron chi connectivity index (χ0n) is 12.3. The van der Waals surface area contributed by atoms with Crippen molar-refractivity contribution in [3.05, 3.63) is 43.0 Å². The number of anilines is 1. The minimum absolute atomic E-state index is 0. The van der Waals surface area contributed by atoms with Gasteiger partial charge in [-0.2, -0.15) is 0 Å². The lowest BCUT2D eigenvalue weighted by atomic mass is 9.88. The molecule has 1 fully saturated rings. The molecule has 2 N–H and O–H groups in total. The van der Waals surface area contributed by atoms with Gasteiger partial charge in [0.15, 0.2) is 0 Å². The van der Waals surface area contributed by atoms with Crippen molar-refractivity contribution in [2.75, 3.05) is 18.4 Å². The molecule has 6 heteroatoms. The number of aromatic nitrogens is 2. The van der Waals surface area contributed by atoms with Crippen LogP contribution in [0.4, 0.5) is 5.69 Å². The molecule has 1 aliphatic heterocycles. The molecule has 1 aliphatic rings. The topological polar surface area (TPSA) is 66.9 Å². The van der Waals surface area contributed by atoms with Crippen LogP contribution in [0.5, 0.6) is 0 Å². The van der Waals surface area contributed by atoms with E-state index in [1.54, 1.807) is 12.4 Å². The summed E-state index contributed by atoms with van der Waals surface area (Å²) in [4.78, 5) is 20.1. The summed E-state index contributed by atoms with van der Waals surface area (Å²) in [7, 11) is 0. The van der Waals surface area contributed by atoms with Crippen molar-refractivity contribution in [1.82, 2.24) is 15.3 Å². The van der Waals surface area contributed by atoms with Crippen molar-refractivity contribution in [3.63, 3.8) is 0 Å². The molecule has 1 aromatic heterocycles. The Morgan fingerprint density at radius 3 is 2.36 bits per heavy atom. The lowest BCUT2D eigenvalue weighted by Crippen LogP contribution is -2.48. The normalized spacial score (nSPS) is 15.3. The highest BCUT2D eigenvalue weighted by Crippen LogP contribution is 2.21. The first kappa shape index (κ1) is 16.4. The van der Waals surface area contributed by atoms with Gasteiger partial charge in [-0.25, -0.2) is 9.97 Å². The van der Waals surface area contributed by atoms with Crippen molar-refractivity contribution in [3.8, 4) is 11.1 Å². The number of carbonyl (C=O) groups excluding carboxylic acids is 1. The number of amides is 1. The van der Waals surface area contributed by atoms with Gasteiger partial charge in [-0.15, -0.1) is 12.4 Å². The van der Waals surface area contributed by atoms with E-state index in [0.717, 1.165) is 29.9 Å². The first-order valence-electron chi connectivity index (χ1n) is 7.11. The maximum Gasteiger partial charge on any atom is 0.227 e. The van der Waals surface area contributed by atoms with E-state index in [-0.39, 0.29) is 24.2 Å². The van der Waals surface area contributed by atoms with Gasteiger partial charge in [0.1, 0.15) is 6.33 Å². The molecule has 0 radical (unpaired) electrons. The maximum atomic E-state index is 12.1. The largest absolute Gasteiger partial charge is 0.326 e. The van der Waals surface area contributed by atoms with Crippen LogP contribution in [0.3, 0.4) is 0 Å². The maximum absolute atomic E-state index is 12.1. The van der Waals surface area contributed by atoms with Crippen LogP contribution in [0.2, 0.25) is 0 Å². The Bertz CT molecular complexity index is 614. The fourth-order valence-corrected chi connectivity index (χ4v) is 2.33. The predicted molar refractivity (Wildman–Crippen MR) is 88.9 cm³/mol. The van der Waals surface area contributed by atoms with E-state index in [2.05, 4.69) is 20.6 Å². The van der Waals surface area contributed by atoms with Crippen LogP contribution in [0.15, 0.2) is 43.0 Å². The molecule has 1 unspecified atom stereocenters. The first-order chi connectivity index (χ1) is 10.2. The van der Waals surface area contributed by atoms with Crippen molar-refractivity contribution in [2.45, 2.75) is 6.92 Å². The lowest BCUT2D eigenvalue weighted by molar-refractivity contribution is -0.121. The number of hydrogen-bond donors (Lipinski definition) is 2. The Morgan fingerprint density at radius 2 is 1.82 bits per heavy atom. The van der Waals surface area contributed by atoms with Crippen LogP contribution in [0, 0.1) is 11.8 Å². The molecular weight excluding hydrogens is 300 g/mol. The molecule has 0 bridgehead atoms. The highest BCUT2D eigenvalue weighted by Gasteiger charge is 2.28. The molecular formula is C16H19ClN4O. The van der Waals surface area contributed by atoms with Crippen molar-refractivity contribution in [1.29, 1.82) is 0 Å². The van der Waals surface area contributed by atoms with Gasteiger partial charge in [-0.05, 0) is 36.7 Å². The summed E-state index contributed by atoms with van der Waals surface area (Å²) in [5, 5.41) is 6.17. The molecule has 0 aliphatic carbocycles. The second-order valence-electron chi connectivity index (χ2n) is 5.40. The molecule has 2 aromatic rings. The average molecular weight is 319 g/mol. The van der Waals surface area contributed by atoms with E-state index in [0.29, 0.717) is 5.92 Å².